The third-order valence-corrected chi connectivity index (χ3v) is 3.84. The van der Waals surface area contributed by atoms with Gasteiger partial charge in [0.05, 0.1) is 10.7 Å². The summed E-state index contributed by atoms with van der Waals surface area (Å²) < 4.78 is 19.2. The minimum Gasteiger partial charge on any atom is -0.447 e. The number of amides is 1. The molecule has 4 nitrogen and oxygen atoms in total. The molecular weight excluding hydrogens is 383 g/mol. The molecule has 1 aromatic carbocycles. The van der Waals surface area contributed by atoms with Gasteiger partial charge in [0, 0.05) is 11.6 Å². The van der Waals surface area contributed by atoms with Crippen LogP contribution in [0.4, 0.5) is 4.39 Å². The van der Waals surface area contributed by atoms with Gasteiger partial charge in [0.15, 0.2) is 4.67 Å². The van der Waals surface area contributed by atoms with Gasteiger partial charge in [-0.25, -0.2) is 9.82 Å². The maximum absolute atomic E-state index is 12.7. The summed E-state index contributed by atoms with van der Waals surface area (Å²) in [5.41, 5.74) is 2.63. The van der Waals surface area contributed by atoms with Crippen molar-refractivity contribution in [1.29, 1.82) is 0 Å². The molecule has 2 aromatic rings. The van der Waals surface area contributed by atoms with Gasteiger partial charge >= 0.3 is 0 Å². The van der Waals surface area contributed by atoms with Crippen LogP contribution in [0.15, 0.2) is 49.0 Å². The number of hydrogen-bond acceptors (Lipinski definition) is 3. The van der Waals surface area contributed by atoms with E-state index in [1.54, 1.807) is 6.07 Å². The van der Waals surface area contributed by atoms with Crippen LogP contribution in [0.2, 0.25) is 0 Å². The molecule has 0 saturated carbocycles. The highest BCUT2D eigenvalue weighted by molar-refractivity contribution is 9.13. The highest BCUT2D eigenvalue weighted by atomic mass is 79.9. The Morgan fingerprint density at radius 1 is 1.32 bits per heavy atom. The Morgan fingerprint density at radius 3 is 2.58 bits per heavy atom. The maximum atomic E-state index is 12.7. The molecule has 19 heavy (non-hydrogen) atoms. The molecule has 7 heteroatoms. The van der Waals surface area contributed by atoms with Gasteiger partial charge in [-0.1, -0.05) is 0 Å². The van der Waals surface area contributed by atoms with Crippen molar-refractivity contribution in [1.82, 2.24) is 5.43 Å². The van der Waals surface area contributed by atoms with Crippen LogP contribution in [0.5, 0.6) is 0 Å². The van der Waals surface area contributed by atoms with Crippen molar-refractivity contribution in [3.05, 3.63) is 56.6 Å². The molecule has 0 fully saturated rings. The quantitative estimate of drug-likeness (QED) is 0.642. The highest BCUT2D eigenvalue weighted by Crippen LogP contribution is 2.25. The summed E-state index contributed by atoms with van der Waals surface area (Å²) in [6, 6.07) is 6.86. The molecule has 0 atom stereocenters. The smallest absolute Gasteiger partial charge is 0.271 e. The van der Waals surface area contributed by atoms with Crippen molar-refractivity contribution in [2.24, 2.45) is 5.10 Å². The fourth-order valence-corrected chi connectivity index (χ4v) is 1.86. The Kier molecular flexibility index (Phi) is 4.49. The summed E-state index contributed by atoms with van der Waals surface area (Å²) in [4.78, 5) is 11.6. The predicted molar refractivity (Wildman–Crippen MR) is 75.6 cm³/mol. The van der Waals surface area contributed by atoms with Crippen molar-refractivity contribution >= 4 is 44.0 Å². The topological polar surface area (TPSA) is 54.6 Å². The highest BCUT2D eigenvalue weighted by Gasteiger charge is 2.05. The Morgan fingerprint density at radius 2 is 2.00 bits per heavy atom. The minimum atomic E-state index is -0.430. The van der Waals surface area contributed by atoms with Gasteiger partial charge in [-0.15, -0.1) is 0 Å². The lowest BCUT2D eigenvalue weighted by molar-refractivity contribution is 0.0955. The van der Waals surface area contributed by atoms with E-state index >= 15 is 0 Å². The van der Waals surface area contributed by atoms with E-state index in [9.17, 15) is 9.18 Å². The predicted octanol–water partition coefficient (Wildman–Crippen LogP) is 3.71. The van der Waals surface area contributed by atoms with Crippen molar-refractivity contribution in [2.45, 2.75) is 0 Å². The Labute approximate surface area is 124 Å². The van der Waals surface area contributed by atoms with Crippen LogP contribution in [0, 0.1) is 5.82 Å². The molecule has 1 N–H and O–H groups in total. The van der Waals surface area contributed by atoms with Crippen LogP contribution in [-0.2, 0) is 0 Å². The molecule has 0 spiro atoms. The fraction of sp³-hybridized carbons (Fsp3) is 0. The summed E-state index contributed by atoms with van der Waals surface area (Å²) in [5, 5.41) is 3.74. The number of nitrogens with one attached hydrogen (secondary N) is 1. The SMILES string of the molecule is O=C(N/N=C\c1cc(Br)c(Br)o1)c1ccc(F)cc1. The number of halogens is 3. The summed E-state index contributed by atoms with van der Waals surface area (Å²) >= 11 is 6.44. The van der Waals surface area contributed by atoms with E-state index in [1.165, 1.54) is 30.5 Å². The van der Waals surface area contributed by atoms with E-state index < -0.39 is 11.7 Å². The van der Waals surface area contributed by atoms with E-state index in [2.05, 4.69) is 42.4 Å². The number of benzene rings is 1. The average molecular weight is 390 g/mol. The second-order valence-electron chi connectivity index (χ2n) is 3.48. The van der Waals surface area contributed by atoms with Crippen LogP contribution in [-0.4, -0.2) is 12.1 Å². The van der Waals surface area contributed by atoms with Crippen LogP contribution < -0.4 is 5.43 Å². The molecule has 0 unspecified atom stereocenters. The lowest BCUT2D eigenvalue weighted by Gasteiger charge is -1.98. The summed E-state index contributed by atoms with van der Waals surface area (Å²) in [6.45, 7) is 0. The summed E-state index contributed by atoms with van der Waals surface area (Å²) in [7, 11) is 0. The Bertz CT molecular complexity index is 604. The molecule has 0 aliphatic rings. The molecule has 2 rings (SSSR count). The third-order valence-electron chi connectivity index (χ3n) is 2.13. The van der Waals surface area contributed by atoms with Crippen LogP contribution in [0.3, 0.4) is 0 Å². The Balaban J connectivity index is 1.98. The average Bonchev–Trinajstić information content (AvgIpc) is 2.69. The van der Waals surface area contributed by atoms with Gasteiger partial charge in [-0.3, -0.25) is 4.79 Å². The zero-order valence-corrected chi connectivity index (χ0v) is 12.5. The van der Waals surface area contributed by atoms with Gasteiger partial charge in [-0.05, 0) is 56.1 Å². The largest absolute Gasteiger partial charge is 0.447 e. The van der Waals surface area contributed by atoms with Crippen molar-refractivity contribution < 1.29 is 13.6 Å². The van der Waals surface area contributed by atoms with Gasteiger partial charge in [0.1, 0.15) is 11.6 Å². The zero-order chi connectivity index (χ0) is 13.8. The van der Waals surface area contributed by atoms with Crippen molar-refractivity contribution in [2.75, 3.05) is 0 Å². The summed E-state index contributed by atoms with van der Waals surface area (Å²) in [5.74, 6) is -0.357. The van der Waals surface area contributed by atoms with E-state index in [0.717, 1.165) is 4.47 Å². The second kappa shape index (κ2) is 6.12. The van der Waals surface area contributed by atoms with E-state index in [-0.39, 0.29) is 0 Å². The lowest BCUT2D eigenvalue weighted by atomic mass is 10.2. The molecule has 1 aromatic heterocycles. The normalized spacial score (nSPS) is 10.9. The second-order valence-corrected chi connectivity index (χ2v) is 5.05. The van der Waals surface area contributed by atoms with Gasteiger partial charge < -0.3 is 4.42 Å². The number of rotatable bonds is 3. The first-order valence-corrected chi connectivity index (χ1v) is 6.68. The fourth-order valence-electron chi connectivity index (χ4n) is 1.25. The van der Waals surface area contributed by atoms with Gasteiger partial charge in [0.25, 0.3) is 5.91 Å². The zero-order valence-electron chi connectivity index (χ0n) is 9.36. The lowest BCUT2D eigenvalue weighted by Crippen LogP contribution is -2.17. The number of furan rings is 1. The number of carbonyl (C=O) groups excluding carboxylic acids is 1. The first-order valence-electron chi connectivity index (χ1n) is 5.10. The van der Waals surface area contributed by atoms with Crippen LogP contribution >= 0.6 is 31.9 Å². The monoisotopic (exact) mass is 388 g/mol. The summed E-state index contributed by atoms with van der Waals surface area (Å²) in [6.07, 6.45) is 1.36. The minimum absolute atomic E-state index is 0.320. The van der Waals surface area contributed by atoms with Gasteiger partial charge in [-0.2, -0.15) is 5.10 Å². The molecule has 0 bridgehead atoms. The standard InChI is InChI=1S/C12H7Br2FN2O2/c13-10-5-9(19-11(10)14)6-16-17-12(18)7-1-3-8(15)4-2-7/h1-6H,(H,17,18)/b16-6-. The van der Waals surface area contributed by atoms with Gasteiger partial charge in [0.2, 0.25) is 0 Å². The first-order chi connectivity index (χ1) is 9.06. The molecule has 1 heterocycles. The Hall–Kier alpha value is -1.47. The molecule has 0 aliphatic carbocycles. The van der Waals surface area contributed by atoms with Crippen molar-refractivity contribution in [3.8, 4) is 0 Å². The number of hydrogen-bond donors (Lipinski definition) is 1. The molecule has 1 amide bonds. The molecular formula is C12H7Br2FN2O2. The van der Waals surface area contributed by atoms with Crippen molar-refractivity contribution in [3.63, 3.8) is 0 Å². The molecule has 0 saturated heterocycles. The van der Waals surface area contributed by atoms with E-state index in [0.29, 0.717) is 16.0 Å². The van der Waals surface area contributed by atoms with E-state index in [4.69, 9.17) is 4.42 Å². The number of nitrogens with zero attached hydrogens (tertiary/aromatic N) is 1. The third kappa shape index (κ3) is 3.74. The van der Waals surface area contributed by atoms with Crippen LogP contribution in [0.25, 0.3) is 0 Å². The first kappa shape index (κ1) is 14.0. The molecule has 98 valence electrons. The molecule has 0 aliphatic heterocycles. The maximum Gasteiger partial charge on any atom is 0.271 e. The number of carbonyl (C=O) groups is 1. The van der Waals surface area contributed by atoms with E-state index in [1.807, 2.05) is 0 Å². The molecule has 0 radical (unpaired) electrons. The number of hydrazone groups is 1. The van der Waals surface area contributed by atoms with Crippen LogP contribution in [0.1, 0.15) is 16.1 Å².